The Morgan fingerprint density at radius 3 is 1.68 bits per heavy atom. The minimum absolute atomic E-state index is 0.00735. The van der Waals surface area contributed by atoms with Crippen LogP contribution in [0.4, 0.5) is 5.69 Å². The molecule has 10 heteroatoms. The van der Waals surface area contributed by atoms with Gasteiger partial charge in [0.1, 0.15) is 0 Å². The highest BCUT2D eigenvalue weighted by atomic mass is 16.4. The molecule has 4 fully saturated rings. The number of carboxylic acid groups (broad SMARTS) is 2. The summed E-state index contributed by atoms with van der Waals surface area (Å²) in [6.45, 7) is 0.437. The smallest absolute Gasteiger partial charge is 0.335 e. The Labute approximate surface area is 289 Å². The van der Waals surface area contributed by atoms with Crippen molar-refractivity contribution >= 4 is 46.1 Å². The summed E-state index contributed by atoms with van der Waals surface area (Å²) in [5, 5.41) is 29.3. The van der Waals surface area contributed by atoms with E-state index in [1.165, 1.54) is 31.4 Å². The zero-order valence-corrected chi connectivity index (χ0v) is 27.5. The average molecular weight is 674 g/mol. The zero-order valence-electron chi connectivity index (χ0n) is 27.5. The Balaban J connectivity index is 1.12. The lowest BCUT2D eigenvalue weighted by Gasteiger charge is -2.56. The van der Waals surface area contributed by atoms with Crippen LogP contribution >= 0.6 is 0 Å². The van der Waals surface area contributed by atoms with Crippen LogP contribution in [-0.4, -0.2) is 53.0 Å². The van der Waals surface area contributed by atoms with Crippen LogP contribution in [0.1, 0.15) is 91.4 Å². The van der Waals surface area contributed by atoms with E-state index in [-0.39, 0.29) is 45.8 Å². The highest BCUT2D eigenvalue weighted by Crippen LogP contribution is 2.59. The molecule has 0 aliphatic heterocycles. The molecule has 256 valence electrons. The summed E-state index contributed by atoms with van der Waals surface area (Å²) in [5.74, 6) is -2.79. The first-order valence-corrected chi connectivity index (χ1v) is 17.1. The number of hydrogen-bond acceptors (Lipinski definition) is 5. The second-order valence-corrected chi connectivity index (χ2v) is 14.4. The first-order valence-electron chi connectivity index (χ1n) is 17.1. The van der Waals surface area contributed by atoms with E-state index in [9.17, 15) is 34.2 Å². The molecule has 0 heterocycles. The molecule has 0 aromatic heterocycles. The van der Waals surface area contributed by atoms with Gasteiger partial charge in [0.15, 0.2) is 0 Å². The van der Waals surface area contributed by atoms with Crippen LogP contribution < -0.4 is 16.0 Å². The first-order chi connectivity index (χ1) is 24.1. The summed E-state index contributed by atoms with van der Waals surface area (Å²) in [4.78, 5) is 64.8. The van der Waals surface area contributed by atoms with Gasteiger partial charge in [0.2, 0.25) is 5.91 Å². The summed E-state index contributed by atoms with van der Waals surface area (Å²) in [6.07, 6.45) is 7.36. The predicted octanol–water partition coefficient (Wildman–Crippen LogP) is 6.33. The summed E-state index contributed by atoms with van der Waals surface area (Å²) >= 11 is 0. The summed E-state index contributed by atoms with van der Waals surface area (Å²) in [6, 6.07) is 23.1. The second kappa shape index (κ2) is 13.4. The van der Waals surface area contributed by atoms with E-state index in [1.807, 2.05) is 24.3 Å². The van der Waals surface area contributed by atoms with Crippen molar-refractivity contribution in [2.45, 2.75) is 44.4 Å². The molecule has 4 aromatic rings. The van der Waals surface area contributed by atoms with Gasteiger partial charge < -0.3 is 26.2 Å². The fourth-order valence-electron chi connectivity index (χ4n) is 9.00. The molecule has 10 nitrogen and oxygen atoms in total. The minimum Gasteiger partial charge on any atom is -0.478 e. The Morgan fingerprint density at radius 2 is 1.16 bits per heavy atom. The van der Waals surface area contributed by atoms with Crippen molar-refractivity contribution in [1.29, 1.82) is 0 Å². The van der Waals surface area contributed by atoms with E-state index in [2.05, 4.69) is 16.0 Å². The maximum absolute atomic E-state index is 13.9. The minimum atomic E-state index is -1.34. The van der Waals surface area contributed by atoms with Gasteiger partial charge in [-0.3, -0.25) is 14.4 Å². The number of fused-ring (bicyclic) bond motifs is 1. The number of aromatic carboxylic acids is 2. The lowest BCUT2D eigenvalue weighted by Crippen LogP contribution is -2.51. The van der Waals surface area contributed by atoms with Crippen LogP contribution in [0.2, 0.25) is 0 Å². The fourth-order valence-corrected chi connectivity index (χ4v) is 9.00. The van der Waals surface area contributed by atoms with E-state index in [0.29, 0.717) is 12.1 Å². The molecule has 4 aliphatic carbocycles. The molecule has 4 bridgehead atoms. The van der Waals surface area contributed by atoms with Crippen molar-refractivity contribution in [2.24, 2.45) is 23.2 Å². The maximum atomic E-state index is 13.9. The molecule has 3 amide bonds. The van der Waals surface area contributed by atoms with Crippen LogP contribution in [0.5, 0.6) is 0 Å². The van der Waals surface area contributed by atoms with Crippen molar-refractivity contribution in [3.8, 4) is 0 Å². The molecule has 1 unspecified atom stereocenters. The molecule has 5 N–H and O–H groups in total. The van der Waals surface area contributed by atoms with Gasteiger partial charge in [0.05, 0.1) is 28.2 Å². The number of anilines is 1. The summed E-state index contributed by atoms with van der Waals surface area (Å²) in [7, 11) is 0. The molecule has 0 spiro atoms. The molecular formula is C40H39N3O7. The molecule has 8 rings (SSSR count). The Kier molecular flexibility index (Phi) is 8.86. The highest BCUT2D eigenvalue weighted by Gasteiger charge is 2.50. The van der Waals surface area contributed by atoms with Gasteiger partial charge in [-0.05, 0) is 108 Å². The van der Waals surface area contributed by atoms with Crippen LogP contribution in [-0.2, 0) is 4.79 Å². The van der Waals surface area contributed by atoms with Gasteiger partial charge in [-0.1, -0.05) is 54.6 Å². The Bertz CT molecular complexity index is 1940. The SMILES string of the molecule is O=C(O)c1cc(NC(=O)C(CNC(=O)c2cc3ccccc3cc2C(=O)NCC23CC4CC(CC(C4)C2)C3)c2ccccc2)cc(C(=O)O)c1. The number of rotatable bonds is 11. The van der Waals surface area contributed by atoms with E-state index < -0.39 is 29.7 Å². The number of amides is 3. The molecule has 50 heavy (non-hydrogen) atoms. The van der Waals surface area contributed by atoms with E-state index in [0.717, 1.165) is 53.9 Å². The van der Waals surface area contributed by atoms with Gasteiger partial charge in [0, 0.05) is 18.8 Å². The third-order valence-corrected chi connectivity index (χ3v) is 10.8. The number of carbonyl (C=O) groups is 5. The molecule has 4 saturated carbocycles. The lowest BCUT2D eigenvalue weighted by atomic mass is 9.49. The molecule has 0 radical (unpaired) electrons. The van der Waals surface area contributed by atoms with Gasteiger partial charge in [-0.15, -0.1) is 0 Å². The normalized spacial score (nSPS) is 22.4. The van der Waals surface area contributed by atoms with Gasteiger partial charge in [-0.2, -0.15) is 0 Å². The van der Waals surface area contributed by atoms with Crippen LogP contribution in [0, 0.1) is 23.2 Å². The van der Waals surface area contributed by atoms with Gasteiger partial charge >= 0.3 is 11.9 Å². The molecule has 4 aromatic carbocycles. The predicted molar refractivity (Wildman–Crippen MR) is 187 cm³/mol. The van der Waals surface area contributed by atoms with E-state index >= 15 is 0 Å². The zero-order chi connectivity index (χ0) is 35.0. The van der Waals surface area contributed by atoms with Crippen LogP contribution in [0.3, 0.4) is 0 Å². The topological polar surface area (TPSA) is 162 Å². The fraction of sp³-hybridized carbons (Fsp3) is 0.325. The first kappa shape index (κ1) is 33.0. The average Bonchev–Trinajstić information content (AvgIpc) is 3.09. The van der Waals surface area contributed by atoms with Crippen molar-refractivity contribution < 1.29 is 34.2 Å². The van der Waals surface area contributed by atoms with Crippen molar-refractivity contribution in [3.05, 3.63) is 113 Å². The van der Waals surface area contributed by atoms with E-state index in [1.54, 1.807) is 42.5 Å². The largest absolute Gasteiger partial charge is 0.478 e. The Morgan fingerprint density at radius 1 is 0.660 bits per heavy atom. The summed E-state index contributed by atoms with van der Waals surface area (Å²) in [5.41, 5.74) is 0.551. The lowest BCUT2D eigenvalue weighted by molar-refractivity contribution is -0.117. The molecule has 1 atom stereocenters. The number of carbonyl (C=O) groups excluding carboxylic acids is 3. The van der Waals surface area contributed by atoms with Gasteiger partial charge in [0.25, 0.3) is 11.8 Å². The molecular weight excluding hydrogens is 634 g/mol. The quantitative estimate of drug-likeness (QED) is 0.124. The number of hydrogen-bond donors (Lipinski definition) is 5. The summed E-state index contributed by atoms with van der Waals surface area (Å²) < 4.78 is 0. The Hall–Kier alpha value is -5.51. The number of carboxylic acids is 2. The van der Waals surface area contributed by atoms with Crippen LogP contribution in [0.15, 0.2) is 84.9 Å². The third-order valence-electron chi connectivity index (χ3n) is 10.8. The standard InChI is InChI=1S/C40H39N3O7/c44-35(41-21-34(26-6-2-1-3-7-26)37(46)43-31-14-29(38(47)48)13-30(15-31)39(49)50)32-16-27-8-4-5-9-28(27)17-33(32)36(45)42-22-40-18-23-10-24(19-40)12-25(11-23)20-40/h1-9,13-17,23-25,34H,10-12,18-22H2,(H,41,44)(H,42,45)(H,43,46)(H,47,48)(H,49,50). The maximum Gasteiger partial charge on any atom is 0.335 e. The van der Waals surface area contributed by atoms with Gasteiger partial charge in [-0.25, -0.2) is 9.59 Å². The monoisotopic (exact) mass is 673 g/mol. The van der Waals surface area contributed by atoms with Crippen LogP contribution in [0.25, 0.3) is 10.8 Å². The second-order valence-electron chi connectivity index (χ2n) is 14.4. The van der Waals surface area contributed by atoms with Crippen molar-refractivity contribution in [3.63, 3.8) is 0 Å². The van der Waals surface area contributed by atoms with Crippen molar-refractivity contribution in [2.75, 3.05) is 18.4 Å². The number of nitrogens with one attached hydrogen (secondary N) is 3. The van der Waals surface area contributed by atoms with Crippen molar-refractivity contribution in [1.82, 2.24) is 10.6 Å². The third kappa shape index (κ3) is 6.83. The molecule has 0 saturated heterocycles. The molecule has 4 aliphatic rings. The van der Waals surface area contributed by atoms with E-state index in [4.69, 9.17) is 0 Å². The highest BCUT2D eigenvalue weighted by molar-refractivity contribution is 6.11. The number of benzene rings is 4.